The minimum Gasteiger partial charge on any atom is -0.465 e. The summed E-state index contributed by atoms with van der Waals surface area (Å²) in [7, 11) is 2.12. The second-order valence-corrected chi connectivity index (χ2v) is 6.69. The van der Waals surface area contributed by atoms with Gasteiger partial charge in [0, 0.05) is 38.3 Å². The lowest BCUT2D eigenvalue weighted by Gasteiger charge is -2.34. The number of anilines is 2. The Balaban J connectivity index is 2.08. The van der Waals surface area contributed by atoms with Gasteiger partial charge in [0.15, 0.2) is 0 Å². The summed E-state index contributed by atoms with van der Waals surface area (Å²) in [5.41, 5.74) is 3.70. The molecule has 1 saturated heterocycles. The van der Waals surface area contributed by atoms with Crippen molar-refractivity contribution in [1.82, 2.24) is 9.88 Å². The van der Waals surface area contributed by atoms with Crippen LogP contribution >= 0.6 is 0 Å². The monoisotopic (exact) mass is 354 g/mol. The SMILES string of the molecule is CCN(C(=O)O)c1cnc(N2CCN(C)CC2)cc1-c1ccccc1C. The number of hydrogen-bond acceptors (Lipinski definition) is 4. The zero-order valence-electron chi connectivity index (χ0n) is 15.6. The highest BCUT2D eigenvalue weighted by atomic mass is 16.4. The number of rotatable bonds is 4. The van der Waals surface area contributed by atoms with E-state index in [1.54, 1.807) is 6.20 Å². The molecule has 138 valence electrons. The molecular weight excluding hydrogens is 328 g/mol. The molecule has 0 saturated carbocycles. The van der Waals surface area contributed by atoms with Gasteiger partial charge in [-0.1, -0.05) is 24.3 Å². The van der Waals surface area contributed by atoms with Crippen molar-refractivity contribution in [1.29, 1.82) is 0 Å². The third-order valence-electron chi connectivity index (χ3n) is 4.97. The fraction of sp³-hybridized carbons (Fsp3) is 0.400. The Bertz CT molecular complexity index is 785. The molecule has 2 aromatic rings. The van der Waals surface area contributed by atoms with E-state index in [0.29, 0.717) is 12.2 Å². The standard InChI is InChI=1S/C20H26N4O2/c1-4-24(20(25)26)18-14-21-19(23-11-9-22(3)10-12-23)13-17(18)16-8-6-5-7-15(16)2/h5-8,13-14H,4,9-12H2,1-3H3,(H,25,26). The summed E-state index contributed by atoms with van der Waals surface area (Å²) in [5.74, 6) is 0.904. The molecule has 2 heterocycles. The quantitative estimate of drug-likeness (QED) is 0.913. The van der Waals surface area contributed by atoms with Crippen molar-refractivity contribution in [2.24, 2.45) is 0 Å². The lowest BCUT2D eigenvalue weighted by atomic mass is 9.99. The molecule has 6 heteroatoms. The highest BCUT2D eigenvalue weighted by Crippen LogP contribution is 2.35. The lowest BCUT2D eigenvalue weighted by molar-refractivity contribution is 0.202. The maximum Gasteiger partial charge on any atom is 0.411 e. The first-order valence-electron chi connectivity index (χ1n) is 9.01. The Morgan fingerprint density at radius 2 is 1.88 bits per heavy atom. The molecular formula is C20H26N4O2. The van der Waals surface area contributed by atoms with Crippen molar-refractivity contribution < 1.29 is 9.90 Å². The zero-order chi connectivity index (χ0) is 18.7. The average molecular weight is 354 g/mol. The molecule has 26 heavy (non-hydrogen) atoms. The molecule has 0 unspecified atom stereocenters. The number of amides is 1. The van der Waals surface area contributed by atoms with Gasteiger partial charge in [-0.15, -0.1) is 0 Å². The van der Waals surface area contributed by atoms with Crippen molar-refractivity contribution in [3.05, 3.63) is 42.1 Å². The first-order valence-corrected chi connectivity index (χ1v) is 9.01. The van der Waals surface area contributed by atoms with Gasteiger partial charge in [-0.05, 0) is 38.1 Å². The fourth-order valence-electron chi connectivity index (χ4n) is 3.36. The molecule has 1 fully saturated rings. The Kier molecular flexibility index (Phi) is 5.42. The van der Waals surface area contributed by atoms with Crippen LogP contribution in [0.25, 0.3) is 11.1 Å². The van der Waals surface area contributed by atoms with Crippen LogP contribution in [0.2, 0.25) is 0 Å². The van der Waals surface area contributed by atoms with Gasteiger partial charge >= 0.3 is 6.09 Å². The van der Waals surface area contributed by atoms with Crippen molar-refractivity contribution in [3.8, 4) is 11.1 Å². The highest BCUT2D eigenvalue weighted by Gasteiger charge is 2.22. The third-order valence-corrected chi connectivity index (χ3v) is 4.97. The van der Waals surface area contributed by atoms with E-state index in [1.165, 1.54) is 4.90 Å². The van der Waals surface area contributed by atoms with Gasteiger partial charge < -0.3 is 14.9 Å². The van der Waals surface area contributed by atoms with Crippen molar-refractivity contribution in [2.75, 3.05) is 49.6 Å². The van der Waals surface area contributed by atoms with Crippen molar-refractivity contribution in [3.63, 3.8) is 0 Å². The molecule has 1 aromatic heterocycles. The number of pyridine rings is 1. The number of piperazine rings is 1. The smallest absolute Gasteiger partial charge is 0.411 e. The Morgan fingerprint density at radius 3 is 2.50 bits per heavy atom. The van der Waals surface area contributed by atoms with E-state index in [9.17, 15) is 9.90 Å². The molecule has 1 aromatic carbocycles. The summed E-state index contributed by atoms with van der Waals surface area (Å²) in [6, 6.07) is 10.1. The summed E-state index contributed by atoms with van der Waals surface area (Å²) in [5, 5.41) is 9.60. The molecule has 1 amide bonds. The van der Waals surface area contributed by atoms with Crippen LogP contribution in [-0.2, 0) is 0 Å². The Hall–Kier alpha value is -2.60. The summed E-state index contributed by atoms with van der Waals surface area (Å²) in [6.07, 6.45) is 0.740. The van der Waals surface area contributed by atoms with Gasteiger partial charge in [0.1, 0.15) is 5.82 Å². The Morgan fingerprint density at radius 1 is 1.19 bits per heavy atom. The Labute approximate surface area is 154 Å². The number of hydrogen-bond donors (Lipinski definition) is 1. The van der Waals surface area contributed by atoms with Gasteiger partial charge in [0.2, 0.25) is 0 Å². The van der Waals surface area contributed by atoms with E-state index < -0.39 is 6.09 Å². The van der Waals surface area contributed by atoms with Crippen molar-refractivity contribution in [2.45, 2.75) is 13.8 Å². The second kappa shape index (κ2) is 7.74. The molecule has 6 nitrogen and oxygen atoms in total. The third kappa shape index (κ3) is 3.65. The molecule has 3 rings (SSSR count). The maximum atomic E-state index is 11.7. The van der Waals surface area contributed by atoms with E-state index in [2.05, 4.69) is 21.8 Å². The number of benzene rings is 1. The molecule has 0 spiro atoms. The average Bonchev–Trinajstić information content (AvgIpc) is 2.63. The van der Waals surface area contributed by atoms with E-state index in [-0.39, 0.29) is 0 Å². The number of carbonyl (C=O) groups is 1. The molecule has 1 aliphatic rings. The number of aromatic nitrogens is 1. The van der Waals surface area contributed by atoms with Crippen molar-refractivity contribution >= 4 is 17.6 Å². The van der Waals surface area contributed by atoms with Crippen LogP contribution in [0.5, 0.6) is 0 Å². The predicted octanol–water partition coefficient (Wildman–Crippen LogP) is 3.31. The normalized spacial score (nSPS) is 15.1. The number of likely N-dealkylation sites (N-methyl/N-ethyl adjacent to an activating group) is 1. The summed E-state index contributed by atoms with van der Waals surface area (Å²) in [4.78, 5) is 22.2. The molecule has 0 atom stereocenters. The van der Waals surface area contributed by atoms with Crippen LogP contribution in [-0.4, -0.2) is 60.9 Å². The lowest BCUT2D eigenvalue weighted by Crippen LogP contribution is -2.44. The first-order chi connectivity index (χ1) is 12.5. The minimum atomic E-state index is -0.962. The summed E-state index contributed by atoms with van der Waals surface area (Å²) >= 11 is 0. The minimum absolute atomic E-state index is 0.379. The molecule has 0 bridgehead atoms. The topological polar surface area (TPSA) is 59.9 Å². The zero-order valence-corrected chi connectivity index (χ0v) is 15.6. The maximum absolute atomic E-state index is 11.7. The van der Waals surface area contributed by atoms with Crippen LogP contribution in [0.15, 0.2) is 36.5 Å². The van der Waals surface area contributed by atoms with Gasteiger partial charge in [0.25, 0.3) is 0 Å². The number of aryl methyl sites for hydroxylation is 1. The first kappa shape index (κ1) is 18.2. The fourth-order valence-corrected chi connectivity index (χ4v) is 3.36. The van der Waals surface area contributed by atoms with Gasteiger partial charge in [-0.25, -0.2) is 9.78 Å². The summed E-state index contributed by atoms with van der Waals surface area (Å²) in [6.45, 7) is 8.11. The van der Waals surface area contributed by atoms with Crippen LogP contribution in [0.1, 0.15) is 12.5 Å². The summed E-state index contributed by atoms with van der Waals surface area (Å²) < 4.78 is 0. The van der Waals surface area contributed by atoms with Gasteiger partial charge in [-0.2, -0.15) is 0 Å². The molecule has 1 N–H and O–H groups in total. The van der Waals surface area contributed by atoms with Gasteiger partial charge in [-0.3, -0.25) is 4.90 Å². The van der Waals surface area contributed by atoms with E-state index >= 15 is 0 Å². The van der Waals surface area contributed by atoms with E-state index in [4.69, 9.17) is 0 Å². The second-order valence-electron chi connectivity index (χ2n) is 6.69. The molecule has 0 radical (unpaired) electrons. The highest BCUT2D eigenvalue weighted by molar-refractivity contribution is 5.93. The van der Waals surface area contributed by atoms with Crippen LogP contribution in [0.4, 0.5) is 16.3 Å². The van der Waals surface area contributed by atoms with Gasteiger partial charge in [0.05, 0.1) is 11.9 Å². The number of nitrogens with zero attached hydrogens (tertiary/aromatic N) is 4. The largest absolute Gasteiger partial charge is 0.465 e. The van der Waals surface area contributed by atoms with E-state index in [0.717, 1.165) is 48.7 Å². The van der Waals surface area contributed by atoms with Crippen LogP contribution in [0.3, 0.4) is 0 Å². The molecule has 1 aliphatic heterocycles. The van der Waals surface area contributed by atoms with E-state index in [1.807, 2.05) is 44.2 Å². The van der Waals surface area contributed by atoms with Crippen LogP contribution < -0.4 is 9.80 Å². The molecule has 0 aliphatic carbocycles. The number of carboxylic acid groups (broad SMARTS) is 1. The predicted molar refractivity (Wildman–Crippen MR) is 105 cm³/mol. The van der Waals surface area contributed by atoms with Crippen LogP contribution in [0, 0.1) is 6.92 Å².